The number of carbonyl (C=O) groups is 3. The van der Waals surface area contributed by atoms with E-state index in [0.717, 1.165) is 29.7 Å². The third kappa shape index (κ3) is 3.58. The minimum atomic E-state index is -1.25. The first-order valence-corrected chi connectivity index (χ1v) is 9.70. The predicted molar refractivity (Wildman–Crippen MR) is 109 cm³/mol. The summed E-state index contributed by atoms with van der Waals surface area (Å²) in [6.07, 6.45) is 6.19. The van der Waals surface area contributed by atoms with Crippen LogP contribution in [-0.4, -0.2) is 54.8 Å². The third-order valence-electron chi connectivity index (χ3n) is 5.79. The lowest BCUT2D eigenvalue weighted by Gasteiger charge is -2.30. The molecule has 1 aliphatic carbocycles. The number of Topliss-reactive ketones (excluding diaryl/α,β-unsaturated/α-hetero) is 1. The lowest BCUT2D eigenvalue weighted by atomic mass is 9.90. The van der Waals surface area contributed by atoms with Crippen LogP contribution in [0.2, 0.25) is 0 Å². The van der Waals surface area contributed by atoms with Crippen molar-refractivity contribution in [2.24, 2.45) is 5.73 Å². The molecule has 7 heteroatoms. The van der Waals surface area contributed by atoms with E-state index < -0.39 is 17.5 Å². The number of allylic oxidation sites excluding steroid dienone is 2. The molecular formula is C22H27N3O4. The number of ketones is 1. The molecule has 3 rings (SSSR count). The molecule has 1 aliphatic heterocycles. The molecule has 1 heterocycles. The Morgan fingerprint density at radius 3 is 2.69 bits per heavy atom. The number of ether oxygens (including phenoxy) is 1. The topological polar surface area (TPSA) is 92.9 Å². The summed E-state index contributed by atoms with van der Waals surface area (Å²) in [6.45, 7) is 1.76. The molecule has 1 aromatic carbocycles. The molecule has 1 aromatic rings. The maximum atomic E-state index is 13.3. The molecule has 2 N–H and O–H groups in total. The first-order chi connectivity index (χ1) is 13.8. The van der Waals surface area contributed by atoms with Crippen molar-refractivity contribution in [2.75, 3.05) is 27.2 Å². The first-order valence-electron chi connectivity index (χ1n) is 9.70. The van der Waals surface area contributed by atoms with Crippen molar-refractivity contribution in [3.8, 4) is 5.75 Å². The van der Waals surface area contributed by atoms with E-state index in [0.29, 0.717) is 23.4 Å². The predicted octanol–water partition coefficient (Wildman–Crippen LogP) is 2.37. The van der Waals surface area contributed by atoms with Crippen molar-refractivity contribution in [1.82, 2.24) is 9.80 Å². The van der Waals surface area contributed by atoms with Crippen molar-refractivity contribution in [1.29, 1.82) is 0 Å². The summed E-state index contributed by atoms with van der Waals surface area (Å²) in [5, 5.41) is 0. The average Bonchev–Trinajstić information content (AvgIpc) is 2.94. The smallest absolute Gasteiger partial charge is 0.328 e. The molecular weight excluding hydrogens is 370 g/mol. The Morgan fingerprint density at radius 1 is 1.28 bits per heavy atom. The fraction of sp³-hybridized carbons (Fsp3) is 0.409. The fourth-order valence-electron chi connectivity index (χ4n) is 3.88. The number of carbonyl (C=O) groups excluding carboxylic acids is 3. The first kappa shape index (κ1) is 20.8. The number of nitrogens with two attached hydrogens (primary N) is 1. The van der Waals surface area contributed by atoms with Crippen molar-refractivity contribution in [3.63, 3.8) is 0 Å². The molecule has 3 amide bonds. The van der Waals surface area contributed by atoms with Gasteiger partial charge in [0.15, 0.2) is 5.78 Å². The number of para-hydroxylation sites is 1. The van der Waals surface area contributed by atoms with E-state index in [1.165, 1.54) is 12.0 Å². The normalized spacial score (nSPS) is 22.3. The summed E-state index contributed by atoms with van der Waals surface area (Å²) < 4.78 is 5.40. The van der Waals surface area contributed by atoms with Gasteiger partial charge in [-0.2, -0.15) is 0 Å². The Kier molecular flexibility index (Phi) is 5.88. The molecule has 154 valence electrons. The number of urea groups is 1. The number of nitrogens with zero attached hydrogens (tertiary/aromatic N) is 2. The summed E-state index contributed by atoms with van der Waals surface area (Å²) in [6, 6.07) is 6.59. The van der Waals surface area contributed by atoms with Crippen LogP contribution < -0.4 is 10.5 Å². The number of likely N-dealkylation sites (N-methyl/N-ethyl adjacent to an activating group) is 1. The highest BCUT2D eigenvalue weighted by atomic mass is 16.5. The number of rotatable bonds is 6. The summed E-state index contributed by atoms with van der Waals surface area (Å²) in [4.78, 5) is 41.5. The van der Waals surface area contributed by atoms with Crippen LogP contribution >= 0.6 is 0 Å². The second kappa shape index (κ2) is 8.21. The van der Waals surface area contributed by atoms with E-state index in [1.54, 1.807) is 44.3 Å². The van der Waals surface area contributed by atoms with Crippen LogP contribution in [0.15, 0.2) is 47.6 Å². The van der Waals surface area contributed by atoms with E-state index in [1.807, 2.05) is 6.08 Å². The molecule has 1 fully saturated rings. The average molecular weight is 397 g/mol. The monoisotopic (exact) mass is 397 g/mol. The van der Waals surface area contributed by atoms with Crippen LogP contribution in [0.1, 0.15) is 31.7 Å². The zero-order chi connectivity index (χ0) is 21.2. The lowest BCUT2D eigenvalue weighted by Crippen LogP contribution is -2.42. The molecule has 1 unspecified atom stereocenters. The van der Waals surface area contributed by atoms with Gasteiger partial charge in [0.05, 0.1) is 13.7 Å². The highest BCUT2D eigenvalue weighted by molar-refractivity contribution is 6.11. The Hall–Kier alpha value is -2.93. The molecule has 0 aromatic heterocycles. The number of imide groups is 1. The summed E-state index contributed by atoms with van der Waals surface area (Å²) in [7, 11) is 3.08. The third-order valence-corrected chi connectivity index (χ3v) is 5.79. The van der Waals surface area contributed by atoms with E-state index in [9.17, 15) is 14.4 Å². The maximum Gasteiger partial charge on any atom is 0.328 e. The van der Waals surface area contributed by atoms with Crippen molar-refractivity contribution < 1.29 is 19.1 Å². The second-order valence-corrected chi connectivity index (χ2v) is 7.49. The zero-order valence-corrected chi connectivity index (χ0v) is 17.1. The van der Waals surface area contributed by atoms with Gasteiger partial charge in [0, 0.05) is 24.7 Å². The zero-order valence-electron chi connectivity index (χ0n) is 17.1. The van der Waals surface area contributed by atoms with E-state index in [2.05, 4.69) is 0 Å². The summed E-state index contributed by atoms with van der Waals surface area (Å²) in [5.41, 5.74) is 6.58. The van der Waals surface area contributed by atoms with Gasteiger partial charge in [0.2, 0.25) is 0 Å². The molecule has 1 atom stereocenters. The van der Waals surface area contributed by atoms with Crippen molar-refractivity contribution in [3.05, 3.63) is 53.1 Å². The van der Waals surface area contributed by atoms with E-state index >= 15 is 0 Å². The largest absolute Gasteiger partial charge is 0.496 e. The number of hydrogen-bond donors (Lipinski definition) is 1. The highest BCUT2D eigenvalue weighted by Gasteiger charge is 2.55. The minimum Gasteiger partial charge on any atom is -0.496 e. The number of benzene rings is 1. The molecule has 0 bridgehead atoms. The highest BCUT2D eigenvalue weighted by Crippen LogP contribution is 2.40. The summed E-state index contributed by atoms with van der Waals surface area (Å²) >= 11 is 0. The van der Waals surface area contributed by atoms with Gasteiger partial charge in [-0.15, -0.1) is 0 Å². The van der Waals surface area contributed by atoms with Gasteiger partial charge in [-0.25, -0.2) is 4.79 Å². The van der Waals surface area contributed by atoms with Gasteiger partial charge in [0.1, 0.15) is 11.3 Å². The van der Waals surface area contributed by atoms with Crippen molar-refractivity contribution >= 4 is 17.7 Å². The molecule has 0 saturated carbocycles. The number of amides is 3. The molecule has 0 spiro atoms. The van der Waals surface area contributed by atoms with Crippen LogP contribution in [0.25, 0.3) is 0 Å². The van der Waals surface area contributed by atoms with Crippen LogP contribution in [0.5, 0.6) is 5.75 Å². The number of methoxy groups -OCH3 is 1. The van der Waals surface area contributed by atoms with Crippen LogP contribution in [0.3, 0.4) is 0 Å². The van der Waals surface area contributed by atoms with Gasteiger partial charge in [0.25, 0.3) is 5.91 Å². The van der Waals surface area contributed by atoms with Crippen LogP contribution in [0, 0.1) is 0 Å². The number of hydrogen-bond acceptors (Lipinski definition) is 5. The molecule has 7 nitrogen and oxygen atoms in total. The Bertz CT molecular complexity index is 905. The molecule has 1 saturated heterocycles. The van der Waals surface area contributed by atoms with Gasteiger partial charge in [-0.05, 0) is 32.3 Å². The van der Waals surface area contributed by atoms with Gasteiger partial charge in [-0.1, -0.05) is 35.9 Å². The lowest BCUT2D eigenvalue weighted by molar-refractivity contribution is -0.134. The molecule has 2 aliphatic rings. The van der Waals surface area contributed by atoms with Gasteiger partial charge < -0.3 is 15.4 Å². The second-order valence-electron chi connectivity index (χ2n) is 7.49. The Morgan fingerprint density at radius 2 is 2.00 bits per heavy atom. The van der Waals surface area contributed by atoms with Gasteiger partial charge >= 0.3 is 6.03 Å². The standard InChI is InChI=1S/C22H27N3O4/c1-22(17-10-6-7-11-19(17)29-3)20(27)25(21(28)24(22)2)14-18(26)16-9-5-4-8-15(12-16)13-23/h6-7,9-12H,4-5,8,13-14,23H2,1-3H3. The quantitative estimate of drug-likeness (QED) is 0.744. The SMILES string of the molecule is COc1ccccc1C1(C)C(=O)N(CC(=O)C2=CCCCC(CN)=C2)C(=O)N1C. The molecule has 29 heavy (non-hydrogen) atoms. The van der Waals surface area contributed by atoms with Crippen molar-refractivity contribution in [2.45, 2.75) is 31.7 Å². The minimum absolute atomic E-state index is 0.266. The summed E-state index contributed by atoms with van der Waals surface area (Å²) in [5.74, 6) is -0.199. The molecule has 0 radical (unpaired) electrons. The maximum absolute atomic E-state index is 13.3. The van der Waals surface area contributed by atoms with E-state index in [-0.39, 0.29) is 12.3 Å². The van der Waals surface area contributed by atoms with Gasteiger partial charge in [-0.3, -0.25) is 14.5 Å². The van der Waals surface area contributed by atoms with Crippen LogP contribution in [-0.2, 0) is 15.1 Å². The van der Waals surface area contributed by atoms with Crippen LogP contribution in [0.4, 0.5) is 4.79 Å². The fourth-order valence-corrected chi connectivity index (χ4v) is 3.88. The van der Waals surface area contributed by atoms with E-state index in [4.69, 9.17) is 10.5 Å². The Labute approximate surface area is 170 Å². The Balaban J connectivity index is 1.90.